The second-order valence-electron chi connectivity index (χ2n) is 6.82. The van der Waals surface area contributed by atoms with Crippen molar-refractivity contribution in [1.29, 1.82) is 5.26 Å². The average molecular weight is 443 g/mol. The Labute approximate surface area is 191 Å². The van der Waals surface area contributed by atoms with Gasteiger partial charge in [0.25, 0.3) is 0 Å². The highest BCUT2D eigenvalue weighted by atomic mass is 35.5. The first-order chi connectivity index (χ1) is 15.2. The van der Waals surface area contributed by atoms with Crippen LogP contribution in [0.15, 0.2) is 90.0 Å². The van der Waals surface area contributed by atoms with E-state index in [0.717, 1.165) is 33.7 Å². The Bertz CT molecular complexity index is 1230. The van der Waals surface area contributed by atoms with Gasteiger partial charge < -0.3 is 4.74 Å². The monoisotopic (exact) mass is 442 g/mol. The largest absolute Gasteiger partial charge is 0.497 e. The molecule has 0 aliphatic carbocycles. The van der Waals surface area contributed by atoms with Gasteiger partial charge in [0.2, 0.25) is 0 Å². The molecule has 0 aliphatic heterocycles. The number of halogens is 1. The van der Waals surface area contributed by atoms with Gasteiger partial charge >= 0.3 is 0 Å². The number of ether oxygens (including phenoxy) is 1. The normalized spacial score (nSPS) is 10.5. The predicted octanol–water partition coefficient (Wildman–Crippen LogP) is 7.24. The van der Waals surface area contributed by atoms with Crippen LogP contribution >= 0.6 is 23.4 Å². The second-order valence-corrected chi connectivity index (χ2v) is 8.19. The smallest absolute Gasteiger partial charge is 0.118 e. The number of aromatic nitrogens is 1. The molecule has 0 aliphatic rings. The van der Waals surface area contributed by atoms with Crippen molar-refractivity contribution in [2.75, 3.05) is 7.11 Å². The fourth-order valence-corrected chi connectivity index (χ4v) is 4.54. The molecule has 0 fully saturated rings. The Morgan fingerprint density at radius 3 is 2.32 bits per heavy atom. The summed E-state index contributed by atoms with van der Waals surface area (Å²) in [6.45, 7) is 0. The van der Waals surface area contributed by atoms with E-state index in [1.165, 1.54) is 11.8 Å². The molecular formula is C26H19ClN2OS. The molecule has 152 valence electrons. The SMILES string of the molecule is COc1ccc(-c2cc(-c3ccccc3)c(C#N)c(SCc3ccccc3Cl)n2)cc1. The number of hydrogen-bond donors (Lipinski definition) is 0. The van der Waals surface area contributed by atoms with E-state index in [-0.39, 0.29) is 0 Å². The topological polar surface area (TPSA) is 45.9 Å². The molecule has 0 amide bonds. The van der Waals surface area contributed by atoms with E-state index in [1.54, 1.807) is 7.11 Å². The Morgan fingerprint density at radius 2 is 1.65 bits per heavy atom. The number of thioether (sulfide) groups is 1. The molecule has 4 rings (SSSR count). The zero-order chi connectivity index (χ0) is 21.6. The van der Waals surface area contributed by atoms with Gasteiger partial charge in [-0.2, -0.15) is 5.26 Å². The Kier molecular flexibility index (Phi) is 6.57. The summed E-state index contributed by atoms with van der Waals surface area (Å²) >= 11 is 7.86. The lowest BCUT2D eigenvalue weighted by Gasteiger charge is -2.13. The Hall–Kier alpha value is -3.26. The lowest BCUT2D eigenvalue weighted by Crippen LogP contribution is -1.96. The molecule has 0 unspecified atom stereocenters. The summed E-state index contributed by atoms with van der Waals surface area (Å²) < 4.78 is 5.28. The zero-order valence-electron chi connectivity index (χ0n) is 16.9. The predicted molar refractivity (Wildman–Crippen MR) is 127 cm³/mol. The van der Waals surface area contributed by atoms with Crippen molar-refractivity contribution in [3.8, 4) is 34.2 Å². The van der Waals surface area contributed by atoms with E-state index in [4.69, 9.17) is 21.3 Å². The number of hydrogen-bond acceptors (Lipinski definition) is 4. The molecule has 0 N–H and O–H groups in total. The second kappa shape index (κ2) is 9.70. The minimum Gasteiger partial charge on any atom is -0.497 e. The van der Waals surface area contributed by atoms with Gasteiger partial charge in [-0.05, 0) is 47.5 Å². The highest BCUT2D eigenvalue weighted by molar-refractivity contribution is 7.98. The minimum absolute atomic E-state index is 0.570. The van der Waals surface area contributed by atoms with Gasteiger partial charge in [-0.3, -0.25) is 0 Å². The maximum atomic E-state index is 10.00. The van der Waals surface area contributed by atoms with Crippen LogP contribution in [0.3, 0.4) is 0 Å². The van der Waals surface area contributed by atoms with E-state index in [0.29, 0.717) is 21.4 Å². The standard InChI is InChI=1S/C26H19ClN2OS/c1-30-21-13-11-19(12-14-21)25-15-22(18-7-3-2-4-8-18)23(16-28)26(29-25)31-17-20-9-5-6-10-24(20)27/h2-15H,17H2,1H3. The van der Waals surface area contributed by atoms with Crippen molar-refractivity contribution >= 4 is 23.4 Å². The summed E-state index contributed by atoms with van der Waals surface area (Å²) in [5.41, 5.74) is 5.20. The summed E-state index contributed by atoms with van der Waals surface area (Å²) in [7, 11) is 1.64. The van der Waals surface area contributed by atoms with E-state index in [1.807, 2.05) is 84.9 Å². The third-order valence-corrected chi connectivity index (χ3v) is 6.28. The highest BCUT2D eigenvalue weighted by Gasteiger charge is 2.16. The zero-order valence-corrected chi connectivity index (χ0v) is 18.5. The van der Waals surface area contributed by atoms with Crippen LogP contribution in [0.2, 0.25) is 5.02 Å². The molecular weight excluding hydrogens is 424 g/mol. The number of methoxy groups -OCH3 is 1. The minimum atomic E-state index is 0.570. The summed E-state index contributed by atoms with van der Waals surface area (Å²) in [5.74, 6) is 1.41. The van der Waals surface area contributed by atoms with Crippen LogP contribution in [0.4, 0.5) is 0 Å². The summed E-state index contributed by atoms with van der Waals surface area (Å²) in [6, 6.07) is 29.8. The molecule has 0 radical (unpaired) electrons. The fourth-order valence-electron chi connectivity index (χ4n) is 3.25. The van der Waals surface area contributed by atoms with Crippen molar-refractivity contribution in [3.63, 3.8) is 0 Å². The molecule has 1 heterocycles. The van der Waals surface area contributed by atoms with Crippen molar-refractivity contribution in [2.24, 2.45) is 0 Å². The lowest BCUT2D eigenvalue weighted by atomic mass is 9.99. The molecule has 0 atom stereocenters. The number of nitrogens with zero attached hydrogens (tertiary/aromatic N) is 2. The average Bonchev–Trinajstić information content (AvgIpc) is 2.83. The van der Waals surface area contributed by atoms with Crippen molar-refractivity contribution in [2.45, 2.75) is 10.8 Å². The molecule has 4 aromatic rings. The van der Waals surface area contributed by atoms with Gasteiger partial charge in [0.15, 0.2) is 0 Å². The number of pyridine rings is 1. The molecule has 0 spiro atoms. The van der Waals surface area contributed by atoms with Crippen molar-refractivity contribution in [1.82, 2.24) is 4.98 Å². The van der Waals surface area contributed by atoms with Crippen LogP contribution in [0.1, 0.15) is 11.1 Å². The molecule has 0 bridgehead atoms. The fraction of sp³-hybridized carbons (Fsp3) is 0.0769. The third kappa shape index (κ3) is 4.74. The Morgan fingerprint density at radius 1 is 0.935 bits per heavy atom. The molecule has 3 nitrogen and oxygen atoms in total. The lowest BCUT2D eigenvalue weighted by molar-refractivity contribution is 0.415. The van der Waals surface area contributed by atoms with Gasteiger partial charge in [-0.1, -0.05) is 60.1 Å². The van der Waals surface area contributed by atoms with Crippen LogP contribution in [0, 0.1) is 11.3 Å². The van der Waals surface area contributed by atoms with Crippen LogP contribution in [0.5, 0.6) is 5.75 Å². The molecule has 1 aromatic heterocycles. The summed E-state index contributed by atoms with van der Waals surface area (Å²) in [6.07, 6.45) is 0. The first kappa shape index (κ1) is 21.0. The van der Waals surface area contributed by atoms with Crippen LogP contribution in [-0.4, -0.2) is 12.1 Å². The van der Waals surface area contributed by atoms with Crippen LogP contribution in [-0.2, 0) is 5.75 Å². The summed E-state index contributed by atoms with van der Waals surface area (Å²) in [5, 5.41) is 11.4. The van der Waals surface area contributed by atoms with Gasteiger partial charge in [0, 0.05) is 21.9 Å². The molecule has 0 saturated heterocycles. The number of nitriles is 1. The number of benzene rings is 3. The molecule has 5 heteroatoms. The van der Waals surface area contributed by atoms with Crippen LogP contribution < -0.4 is 4.74 Å². The van der Waals surface area contributed by atoms with Gasteiger partial charge in [-0.15, -0.1) is 11.8 Å². The maximum Gasteiger partial charge on any atom is 0.118 e. The molecule has 0 saturated carbocycles. The first-order valence-electron chi connectivity index (χ1n) is 9.71. The van der Waals surface area contributed by atoms with Gasteiger partial charge in [0.1, 0.15) is 16.8 Å². The van der Waals surface area contributed by atoms with E-state index >= 15 is 0 Å². The quantitative estimate of drug-likeness (QED) is 0.295. The first-order valence-corrected chi connectivity index (χ1v) is 11.1. The number of rotatable bonds is 6. The van der Waals surface area contributed by atoms with Gasteiger partial charge in [-0.25, -0.2) is 4.98 Å². The molecule has 3 aromatic carbocycles. The van der Waals surface area contributed by atoms with Crippen molar-refractivity contribution < 1.29 is 4.74 Å². The maximum absolute atomic E-state index is 10.00. The van der Waals surface area contributed by atoms with Gasteiger partial charge in [0.05, 0.1) is 18.4 Å². The molecule has 31 heavy (non-hydrogen) atoms. The highest BCUT2D eigenvalue weighted by Crippen LogP contribution is 2.36. The summed E-state index contributed by atoms with van der Waals surface area (Å²) in [4.78, 5) is 4.86. The van der Waals surface area contributed by atoms with Crippen LogP contribution in [0.25, 0.3) is 22.4 Å². The van der Waals surface area contributed by atoms with Crippen molar-refractivity contribution in [3.05, 3.63) is 101 Å². The van der Waals surface area contributed by atoms with E-state index in [2.05, 4.69) is 6.07 Å². The van der Waals surface area contributed by atoms with E-state index < -0.39 is 0 Å². The third-order valence-electron chi connectivity index (χ3n) is 4.89. The van der Waals surface area contributed by atoms with E-state index in [9.17, 15) is 5.26 Å². The Balaban J connectivity index is 1.81.